The second kappa shape index (κ2) is 7.36. The van der Waals surface area contributed by atoms with Crippen LogP contribution in [0.25, 0.3) is 0 Å². The molecule has 0 aromatic heterocycles. The van der Waals surface area contributed by atoms with Crippen molar-refractivity contribution in [1.29, 1.82) is 0 Å². The third kappa shape index (κ3) is 3.72. The van der Waals surface area contributed by atoms with Crippen molar-refractivity contribution in [1.82, 2.24) is 10.2 Å². The summed E-state index contributed by atoms with van der Waals surface area (Å²) < 4.78 is 0. The molecule has 0 spiro atoms. The summed E-state index contributed by atoms with van der Waals surface area (Å²) in [7, 11) is 0. The highest BCUT2D eigenvalue weighted by Crippen LogP contribution is 2.43. The first-order valence-electron chi connectivity index (χ1n) is 8.51. The molecule has 3 rings (SSSR count). The van der Waals surface area contributed by atoms with Gasteiger partial charge in [-0.25, -0.2) is 4.79 Å². The van der Waals surface area contributed by atoms with E-state index in [1.165, 1.54) is 16.7 Å². The molecule has 6 heteroatoms. The second-order valence-corrected chi connectivity index (χ2v) is 8.40. The van der Waals surface area contributed by atoms with E-state index in [9.17, 15) is 9.59 Å². The van der Waals surface area contributed by atoms with E-state index < -0.39 is 0 Å². The van der Waals surface area contributed by atoms with Crippen molar-refractivity contribution >= 4 is 34.6 Å². The minimum Gasteiger partial charge on any atom is -0.335 e. The molecule has 2 aliphatic rings. The minimum absolute atomic E-state index is 0.0492. The summed E-state index contributed by atoms with van der Waals surface area (Å²) in [5.74, 6) is 0.732. The molecule has 1 saturated carbocycles. The summed E-state index contributed by atoms with van der Waals surface area (Å²) in [6.07, 6.45) is 4.27. The number of nitrogens with one attached hydrogen (secondary N) is 1. The predicted octanol–water partition coefficient (Wildman–Crippen LogP) is 5.23. The molecular formula is C18H23ClN2O2S. The lowest BCUT2D eigenvalue weighted by Gasteiger charge is -2.29. The van der Waals surface area contributed by atoms with Gasteiger partial charge >= 0.3 is 6.03 Å². The number of amides is 3. The molecule has 1 aliphatic carbocycles. The van der Waals surface area contributed by atoms with Gasteiger partial charge in [0.2, 0.25) is 0 Å². The second-order valence-electron chi connectivity index (χ2n) is 6.87. The Bertz CT molecular complexity index is 614. The van der Waals surface area contributed by atoms with E-state index in [1.807, 2.05) is 31.2 Å². The van der Waals surface area contributed by atoms with Gasteiger partial charge < -0.3 is 5.32 Å². The Morgan fingerprint density at radius 2 is 1.79 bits per heavy atom. The van der Waals surface area contributed by atoms with Crippen molar-refractivity contribution in [2.45, 2.75) is 56.9 Å². The Morgan fingerprint density at radius 1 is 1.17 bits per heavy atom. The van der Waals surface area contributed by atoms with Gasteiger partial charge in [0.25, 0.3) is 5.24 Å². The Balaban J connectivity index is 1.66. The third-order valence-corrected chi connectivity index (χ3v) is 6.60. The van der Waals surface area contributed by atoms with E-state index in [2.05, 4.69) is 12.2 Å². The molecule has 1 aromatic rings. The Morgan fingerprint density at radius 3 is 2.42 bits per heavy atom. The lowest BCUT2D eigenvalue weighted by molar-refractivity contribution is 0.182. The zero-order valence-corrected chi connectivity index (χ0v) is 15.6. The summed E-state index contributed by atoms with van der Waals surface area (Å²) in [5, 5.41) is 3.50. The van der Waals surface area contributed by atoms with Crippen LogP contribution in [0.3, 0.4) is 0 Å². The largest absolute Gasteiger partial charge is 0.335 e. The number of hydrogen-bond donors (Lipinski definition) is 1. The van der Waals surface area contributed by atoms with Crippen LogP contribution in [0.1, 0.15) is 50.3 Å². The van der Waals surface area contributed by atoms with Crippen LogP contribution in [0.5, 0.6) is 0 Å². The van der Waals surface area contributed by atoms with Gasteiger partial charge in [-0.3, -0.25) is 9.69 Å². The number of urea groups is 1. The van der Waals surface area contributed by atoms with E-state index in [-0.39, 0.29) is 28.6 Å². The van der Waals surface area contributed by atoms with Crippen molar-refractivity contribution in [2.75, 3.05) is 0 Å². The normalized spacial score (nSPS) is 30.5. The monoisotopic (exact) mass is 366 g/mol. The number of carbonyl (C=O) groups excluding carboxylic acids is 2. The molecule has 24 heavy (non-hydrogen) atoms. The highest BCUT2D eigenvalue weighted by Gasteiger charge is 2.42. The van der Waals surface area contributed by atoms with Crippen LogP contribution in [0.15, 0.2) is 24.3 Å². The first-order valence-corrected chi connectivity index (χ1v) is 9.77. The Labute approximate surface area is 152 Å². The zero-order valence-electron chi connectivity index (χ0n) is 14.0. The summed E-state index contributed by atoms with van der Waals surface area (Å²) in [6, 6.07) is 7.25. The lowest BCUT2D eigenvalue weighted by Crippen LogP contribution is -2.48. The molecular weight excluding hydrogens is 344 g/mol. The third-order valence-electron chi connectivity index (χ3n) is 5.03. The average molecular weight is 367 g/mol. The van der Waals surface area contributed by atoms with Gasteiger partial charge in [-0.05, 0) is 56.2 Å². The maximum absolute atomic E-state index is 12.6. The standard InChI is InChI=1S/C18H23ClN2O2S/c1-11-3-9-15(10-4-11)20-17(22)21-12(2)16(24-18(21)23)13-5-7-14(19)8-6-13/h5-8,11-12,15-16H,3-4,9-10H2,1-2H3,(H,20,22)/t11?,12-,15?,16+/m1/s1. The van der Waals surface area contributed by atoms with Gasteiger partial charge in [0, 0.05) is 11.1 Å². The Hall–Kier alpha value is -1.20. The molecule has 0 bridgehead atoms. The van der Waals surface area contributed by atoms with Crippen LogP contribution < -0.4 is 5.32 Å². The Kier molecular flexibility index (Phi) is 5.40. The van der Waals surface area contributed by atoms with Crippen molar-refractivity contribution in [2.24, 2.45) is 5.92 Å². The first kappa shape index (κ1) is 17.6. The highest BCUT2D eigenvalue weighted by atomic mass is 35.5. The van der Waals surface area contributed by atoms with E-state index >= 15 is 0 Å². The molecule has 0 radical (unpaired) electrons. The van der Waals surface area contributed by atoms with Gasteiger partial charge in [0.15, 0.2) is 0 Å². The van der Waals surface area contributed by atoms with Crippen LogP contribution in [0, 0.1) is 5.92 Å². The van der Waals surface area contributed by atoms with Crippen LogP contribution in [-0.4, -0.2) is 28.3 Å². The van der Waals surface area contributed by atoms with Crippen LogP contribution in [-0.2, 0) is 0 Å². The van der Waals surface area contributed by atoms with Crippen LogP contribution >= 0.6 is 23.4 Å². The highest BCUT2D eigenvalue weighted by molar-refractivity contribution is 8.14. The molecule has 1 heterocycles. The first-order chi connectivity index (χ1) is 11.5. The molecule has 1 saturated heterocycles. The number of rotatable bonds is 2. The molecule has 1 aromatic carbocycles. The fourth-order valence-corrected chi connectivity index (χ4v) is 4.80. The van der Waals surface area contributed by atoms with Crippen molar-refractivity contribution in [3.63, 3.8) is 0 Å². The number of carbonyl (C=O) groups is 2. The van der Waals surface area contributed by atoms with Crippen molar-refractivity contribution in [3.8, 4) is 0 Å². The summed E-state index contributed by atoms with van der Waals surface area (Å²) in [6.45, 7) is 4.18. The van der Waals surface area contributed by atoms with E-state index in [4.69, 9.17) is 11.6 Å². The molecule has 2 atom stereocenters. The molecule has 2 fully saturated rings. The lowest BCUT2D eigenvalue weighted by atomic mass is 9.87. The molecule has 3 amide bonds. The number of hydrogen-bond acceptors (Lipinski definition) is 3. The predicted molar refractivity (Wildman–Crippen MR) is 98.4 cm³/mol. The minimum atomic E-state index is -0.254. The zero-order chi connectivity index (χ0) is 17.3. The number of nitrogens with zero attached hydrogens (tertiary/aromatic N) is 1. The van der Waals surface area contributed by atoms with E-state index in [0.29, 0.717) is 5.02 Å². The van der Waals surface area contributed by atoms with Gasteiger partial charge in [-0.15, -0.1) is 0 Å². The summed E-state index contributed by atoms with van der Waals surface area (Å²) >= 11 is 7.15. The van der Waals surface area contributed by atoms with Gasteiger partial charge in [-0.2, -0.15) is 0 Å². The van der Waals surface area contributed by atoms with Crippen molar-refractivity contribution < 1.29 is 9.59 Å². The van der Waals surface area contributed by atoms with Crippen LogP contribution in [0.4, 0.5) is 9.59 Å². The number of imide groups is 1. The van der Waals surface area contributed by atoms with Gasteiger partial charge in [-0.1, -0.05) is 42.4 Å². The van der Waals surface area contributed by atoms with E-state index in [0.717, 1.165) is 37.2 Å². The number of thioether (sulfide) groups is 1. The fourth-order valence-electron chi connectivity index (χ4n) is 3.48. The number of halogens is 1. The maximum atomic E-state index is 12.6. The molecule has 4 nitrogen and oxygen atoms in total. The SMILES string of the molecule is CC1CCC(NC(=O)N2C(=O)S[C@H](c3ccc(Cl)cc3)[C@H]2C)CC1. The molecule has 1 N–H and O–H groups in total. The van der Waals surface area contributed by atoms with E-state index in [1.54, 1.807) is 0 Å². The van der Waals surface area contributed by atoms with Crippen molar-refractivity contribution in [3.05, 3.63) is 34.9 Å². The topological polar surface area (TPSA) is 49.4 Å². The molecule has 1 aliphatic heterocycles. The quantitative estimate of drug-likeness (QED) is 0.779. The smallest absolute Gasteiger partial charge is 0.325 e. The summed E-state index contributed by atoms with van der Waals surface area (Å²) in [4.78, 5) is 26.4. The van der Waals surface area contributed by atoms with Crippen LogP contribution in [0.2, 0.25) is 5.02 Å². The maximum Gasteiger partial charge on any atom is 0.325 e. The molecule has 0 unspecified atom stereocenters. The van der Waals surface area contributed by atoms with Gasteiger partial charge in [0.1, 0.15) is 0 Å². The fraction of sp³-hybridized carbons (Fsp3) is 0.556. The van der Waals surface area contributed by atoms with Gasteiger partial charge in [0.05, 0.1) is 11.3 Å². The summed E-state index contributed by atoms with van der Waals surface area (Å²) in [5.41, 5.74) is 1.02. The average Bonchev–Trinajstić information content (AvgIpc) is 2.85. The number of benzene rings is 1. The molecule has 130 valence electrons.